The number of hydrogen-bond donors (Lipinski definition) is 3. The van der Waals surface area contributed by atoms with E-state index in [0.717, 1.165) is 27.7 Å². The van der Waals surface area contributed by atoms with Crippen LogP contribution in [0.25, 0.3) is 10.8 Å². The number of nitrogen functional groups attached to an aromatic ring is 1. The van der Waals surface area contributed by atoms with Gasteiger partial charge in [0.2, 0.25) is 0 Å². The van der Waals surface area contributed by atoms with E-state index in [1.54, 1.807) is 12.4 Å². The summed E-state index contributed by atoms with van der Waals surface area (Å²) in [5, 5.41) is 7.70. The highest BCUT2D eigenvalue weighted by Gasteiger charge is 2.03. The first-order valence-corrected chi connectivity index (χ1v) is 6.94. The molecule has 0 radical (unpaired) electrons. The summed E-state index contributed by atoms with van der Waals surface area (Å²) in [6.45, 7) is 0.457. The minimum absolute atomic E-state index is 0.244. The Hall–Kier alpha value is -3.08. The van der Waals surface area contributed by atoms with Gasteiger partial charge in [-0.2, -0.15) is 0 Å². The third-order valence-electron chi connectivity index (χ3n) is 3.32. The van der Waals surface area contributed by atoms with Gasteiger partial charge in [-0.05, 0) is 52.7 Å². The van der Waals surface area contributed by atoms with Crippen molar-refractivity contribution in [3.05, 3.63) is 66.5 Å². The van der Waals surface area contributed by atoms with Crippen molar-refractivity contribution in [2.24, 2.45) is 0 Å². The van der Waals surface area contributed by atoms with Crippen molar-refractivity contribution in [1.82, 2.24) is 10.3 Å². The number of rotatable bonds is 3. The molecule has 22 heavy (non-hydrogen) atoms. The molecule has 110 valence electrons. The highest BCUT2D eigenvalue weighted by molar-refractivity contribution is 5.94. The molecule has 3 aromatic rings. The second-order valence-corrected chi connectivity index (χ2v) is 4.98. The van der Waals surface area contributed by atoms with Crippen LogP contribution >= 0.6 is 0 Å². The molecular weight excluding hydrogens is 276 g/mol. The van der Waals surface area contributed by atoms with E-state index in [-0.39, 0.29) is 6.03 Å². The van der Waals surface area contributed by atoms with Crippen molar-refractivity contribution < 1.29 is 4.79 Å². The quantitative estimate of drug-likeness (QED) is 0.649. The number of anilines is 2. The van der Waals surface area contributed by atoms with Crippen LogP contribution in [0, 0.1) is 0 Å². The van der Waals surface area contributed by atoms with E-state index in [9.17, 15) is 4.79 Å². The van der Waals surface area contributed by atoms with Gasteiger partial charge in [0.1, 0.15) is 0 Å². The molecule has 0 bridgehead atoms. The summed E-state index contributed by atoms with van der Waals surface area (Å²) in [4.78, 5) is 15.9. The first-order valence-electron chi connectivity index (χ1n) is 6.94. The number of urea groups is 1. The van der Waals surface area contributed by atoms with Gasteiger partial charge in [0.25, 0.3) is 0 Å². The van der Waals surface area contributed by atoms with Crippen molar-refractivity contribution in [3.63, 3.8) is 0 Å². The molecule has 0 aliphatic heterocycles. The average Bonchev–Trinajstić information content (AvgIpc) is 2.54. The van der Waals surface area contributed by atoms with Crippen LogP contribution in [-0.2, 0) is 6.54 Å². The van der Waals surface area contributed by atoms with Crippen LogP contribution in [0.3, 0.4) is 0 Å². The highest BCUT2D eigenvalue weighted by Crippen LogP contribution is 2.21. The lowest BCUT2D eigenvalue weighted by molar-refractivity contribution is 0.251. The largest absolute Gasteiger partial charge is 0.399 e. The molecule has 4 N–H and O–H groups in total. The first-order chi connectivity index (χ1) is 10.7. The van der Waals surface area contributed by atoms with Crippen molar-refractivity contribution in [3.8, 4) is 0 Å². The smallest absolute Gasteiger partial charge is 0.319 e. The SMILES string of the molecule is Nc1ccc2cc(NC(=O)NCc3ccncc3)ccc2c1. The van der Waals surface area contributed by atoms with E-state index in [2.05, 4.69) is 15.6 Å². The molecule has 5 heteroatoms. The number of nitrogens with one attached hydrogen (secondary N) is 2. The lowest BCUT2D eigenvalue weighted by atomic mass is 10.1. The van der Waals surface area contributed by atoms with Crippen LogP contribution in [0.2, 0.25) is 0 Å². The molecule has 5 nitrogen and oxygen atoms in total. The summed E-state index contributed by atoms with van der Waals surface area (Å²) in [5.74, 6) is 0. The Morgan fingerprint density at radius 3 is 2.55 bits per heavy atom. The topological polar surface area (TPSA) is 80.0 Å². The van der Waals surface area contributed by atoms with Crippen molar-refractivity contribution in [1.29, 1.82) is 0 Å². The fourth-order valence-corrected chi connectivity index (χ4v) is 2.20. The van der Waals surface area contributed by atoms with Crippen LogP contribution in [0.5, 0.6) is 0 Å². The summed E-state index contributed by atoms with van der Waals surface area (Å²) >= 11 is 0. The number of nitrogens with two attached hydrogens (primary N) is 1. The van der Waals surface area contributed by atoms with Gasteiger partial charge >= 0.3 is 6.03 Å². The van der Waals surface area contributed by atoms with Gasteiger partial charge < -0.3 is 16.4 Å². The number of pyridine rings is 1. The molecule has 0 fully saturated rings. The van der Waals surface area contributed by atoms with E-state index >= 15 is 0 Å². The second-order valence-electron chi connectivity index (χ2n) is 4.98. The number of amides is 2. The molecule has 0 saturated carbocycles. The van der Waals surface area contributed by atoms with Gasteiger partial charge in [-0.15, -0.1) is 0 Å². The summed E-state index contributed by atoms with van der Waals surface area (Å²) in [7, 11) is 0. The second kappa shape index (κ2) is 6.13. The van der Waals surface area contributed by atoms with Crippen LogP contribution in [0.15, 0.2) is 60.9 Å². The van der Waals surface area contributed by atoms with E-state index in [1.807, 2.05) is 48.5 Å². The number of hydrogen-bond acceptors (Lipinski definition) is 3. The van der Waals surface area contributed by atoms with Crippen LogP contribution in [0.1, 0.15) is 5.56 Å². The number of benzene rings is 2. The summed E-state index contributed by atoms with van der Waals surface area (Å²) < 4.78 is 0. The molecule has 0 aliphatic carbocycles. The Morgan fingerprint density at radius 1 is 1.00 bits per heavy atom. The monoisotopic (exact) mass is 292 g/mol. The zero-order chi connectivity index (χ0) is 15.4. The molecule has 0 aliphatic rings. The number of carbonyl (C=O) groups excluding carboxylic acids is 1. The van der Waals surface area contributed by atoms with Crippen LogP contribution in [-0.4, -0.2) is 11.0 Å². The fourth-order valence-electron chi connectivity index (χ4n) is 2.20. The normalized spacial score (nSPS) is 10.4. The van der Waals surface area contributed by atoms with Gasteiger partial charge in [0.15, 0.2) is 0 Å². The van der Waals surface area contributed by atoms with E-state index in [4.69, 9.17) is 5.73 Å². The Morgan fingerprint density at radius 2 is 1.73 bits per heavy atom. The van der Waals surface area contributed by atoms with E-state index in [0.29, 0.717) is 6.54 Å². The number of carbonyl (C=O) groups is 1. The maximum Gasteiger partial charge on any atom is 0.319 e. The molecule has 1 aromatic heterocycles. The Bertz CT molecular complexity index is 802. The minimum Gasteiger partial charge on any atom is -0.399 e. The third-order valence-corrected chi connectivity index (χ3v) is 3.32. The molecule has 0 unspecified atom stereocenters. The maximum absolute atomic E-state index is 11.9. The molecule has 1 heterocycles. The Kier molecular flexibility index (Phi) is 3.87. The summed E-state index contributed by atoms with van der Waals surface area (Å²) in [5.41, 5.74) is 8.22. The predicted octanol–water partition coefficient (Wildman–Crippen LogP) is 3.14. The van der Waals surface area contributed by atoms with Crippen LogP contribution < -0.4 is 16.4 Å². The Balaban J connectivity index is 1.65. The molecule has 3 rings (SSSR count). The fraction of sp³-hybridized carbons (Fsp3) is 0.0588. The maximum atomic E-state index is 11.9. The number of nitrogens with zero attached hydrogens (tertiary/aromatic N) is 1. The van der Waals surface area contributed by atoms with Gasteiger partial charge in [0, 0.05) is 30.3 Å². The molecule has 2 aromatic carbocycles. The van der Waals surface area contributed by atoms with E-state index < -0.39 is 0 Å². The average molecular weight is 292 g/mol. The number of fused-ring (bicyclic) bond motifs is 1. The predicted molar refractivity (Wildman–Crippen MR) is 88.5 cm³/mol. The van der Waals surface area contributed by atoms with Crippen molar-refractivity contribution in [2.75, 3.05) is 11.1 Å². The minimum atomic E-state index is -0.244. The van der Waals surface area contributed by atoms with Gasteiger partial charge in [-0.1, -0.05) is 12.1 Å². The Labute approximate surface area is 128 Å². The third kappa shape index (κ3) is 3.32. The summed E-state index contributed by atoms with van der Waals surface area (Å²) in [6.07, 6.45) is 3.40. The van der Waals surface area contributed by atoms with Gasteiger partial charge in [-0.25, -0.2) is 4.79 Å². The molecule has 0 atom stereocenters. The molecular formula is C17H16N4O. The standard InChI is InChI=1S/C17H16N4O/c18-15-3-1-14-10-16(4-2-13(14)9-15)21-17(22)20-11-12-5-7-19-8-6-12/h1-10H,11,18H2,(H2,20,21,22). The first kappa shape index (κ1) is 13.9. The van der Waals surface area contributed by atoms with Gasteiger partial charge in [-0.3, -0.25) is 4.98 Å². The van der Waals surface area contributed by atoms with Crippen molar-refractivity contribution in [2.45, 2.75) is 6.54 Å². The molecule has 2 amide bonds. The zero-order valence-corrected chi connectivity index (χ0v) is 11.9. The molecule has 0 spiro atoms. The van der Waals surface area contributed by atoms with Crippen molar-refractivity contribution >= 4 is 28.2 Å². The number of aromatic nitrogens is 1. The zero-order valence-electron chi connectivity index (χ0n) is 11.9. The molecule has 0 saturated heterocycles. The lowest BCUT2D eigenvalue weighted by Gasteiger charge is -2.09. The lowest BCUT2D eigenvalue weighted by Crippen LogP contribution is -2.28. The highest BCUT2D eigenvalue weighted by atomic mass is 16.2. The van der Waals surface area contributed by atoms with E-state index in [1.165, 1.54) is 0 Å². The summed E-state index contributed by atoms with van der Waals surface area (Å²) in [6, 6.07) is 14.9. The van der Waals surface area contributed by atoms with Gasteiger partial charge in [0.05, 0.1) is 0 Å². The van der Waals surface area contributed by atoms with Crippen LogP contribution in [0.4, 0.5) is 16.2 Å².